The minimum absolute atomic E-state index is 0.0788. The van der Waals surface area contributed by atoms with Crippen LogP contribution in [0.1, 0.15) is 78.5 Å². The molecule has 2 aliphatic rings. The SMILES string of the molecule is O=C1CCC(N2C(=O)c3cccc(NCCCCCCCCCS(=O)(=O)O)c3C2=O)C(=O)N1. The Morgan fingerprint density at radius 2 is 1.64 bits per heavy atom. The first-order valence-corrected chi connectivity index (χ1v) is 12.8. The number of unbranched alkanes of at least 4 members (excludes halogenated alkanes) is 6. The zero-order valence-corrected chi connectivity index (χ0v) is 19.2. The van der Waals surface area contributed by atoms with Crippen molar-refractivity contribution in [2.24, 2.45) is 0 Å². The molecule has 0 radical (unpaired) electrons. The van der Waals surface area contributed by atoms with E-state index in [0.29, 0.717) is 18.7 Å². The summed E-state index contributed by atoms with van der Waals surface area (Å²) in [5.74, 6) is -2.29. The molecule has 1 atom stereocenters. The Balaban J connectivity index is 1.46. The number of nitrogens with zero attached hydrogens (tertiary/aromatic N) is 1. The molecule has 1 aromatic carbocycles. The number of fused-ring (bicyclic) bond motifs is 1. The Morgan fingerprint density at radius 3 is 2.30 bits per heavy atom. The van der Waals surface area contributed by atoms with E-state index in [9.17, 15) is 27.6 Å². The fraction of sp³-hybridized carbons (Fsp3) is 0.545. The number of hydrogen-bond acceptors (Lipinski definition) is 7. The van der Waals surface area contributed by atoms with Gasteiger partial charge in [0.25, 0.3) is 21.9 Å². The quantitative estimate of drug-likeness (QED) is 0.234. The lowest BCUT2D eigenvalue weighted by molar-refractivity contribution is -0.136. The molecule has 1 aromatic rings. The van der Waals surface area contributed by atoms with E-state index in [1.165, 1.54) is 0 Å². The van der Waals surface area contributed by atoms with E-state index in [0.717, 1.165) is 43.4 Å². The molecule has 1 saturated heterocycles. The highest BCUT2D eigenvalue weighted by molar-refractivity contribution is 7.85. The average Bonchev–Trinajstić information content (AvgIpc) is 3.00. The van der Waals surface area contributed by atoms with Gasteiger partial charge in [-0.1, -0.05) is 38.2 Å². The van der Waals surface area contributed by atoms with Gasteiger partial charge in [-0.05, 0) is 31.4 Å². The predicted octanol–water partition coefficient (Wildman–Crippen LogP) is 2.12. The maximum atomic E-state index is 13.0. The lowest BCUT2D eigenvalue weighted by Crippen LogP contribution is -2.54. The second-order valence-corrected chi connectivity index (χ2v) is 9.94. The third-order valence-electron chi connectivity index (χ3n) is 5.86. The van der Waals surface area contributed by atoms with Crippen LogP contribution in [0.4, 0.5) is 5.69 Å². The molecule has 10 nitrogen and oxygen atoms in total. The van der Waals surface area contributed by atoms with Gasteiger partial charge in [0.05, 0.1) is 16.9 Å². The third kappa shape index (κ3) is 6.38. The molecule has 0 aromatic heterocycles. The fourth-order valence-electron chi connectivity index (χ4n) is 4.18. The van der Waals surface area contributed by atoms with Crippen LogP contribution in [0.2, 0.25) is 0 Å². The van der Waals surface area contributed by atoms with Crippen LogP contribution in [0.15, 0.2) is 18.2 Å². The molecule has 3 N–H and O–H groups in total. The summed E-state index contributed by atoms with van der Waals surface area (Å²) in [6, 6.07) is 4.00. The first kappa shape index (κ1) is 24.8. The standard InChI is InChI=1S/C22H29N3O7S/c26-18-12-11-17(20(27)24-18)25-21(28)15-9-8-10-16(19(15)22(25)29)23-13-6-4-2-1-3-5-7-14-33(30,31)32/h8-10,17,23H,1-7,11-14H2,(H,24,26,27)(H,30,31,32). The molecule has 1 fully saturated rings. The van der Waals surface area contributed by atoms with Crippen molar-refractivity contribution in [3.63, 3.8) is 0 Å². The van der Waals surface area contributed by atoms with Crippen LogP contribution < -0.4 is 10.6 Å². The highest BCUT2D eigenvalue weighted by Gasteiger charge is 2.45. The van der Waals surface area contributed by atoms with Gasteiger partial charge in [-0.15, -0.1) is 0 Å². The number of benzene rings is 1. The van der Waals surface area contributed by atoms with Crippen LogP contribution in [-0.4, -0.2) is 59.8 Å². The molecular formula is C22H29N3O7S. The Morgan fingerprint density at radius 1 is 0.970 bits per heavy atom. The van der Waals surface area contributed by atoms with Gasteiger partial charge in [0.1, 0.15) is 6.04 Å². The van der Waals surface area contributed by atoms with Crippen molar-refractivity contribution in [2.45, 2.75) is 63.8 Å². The number of anilines is 1. The van der Waals surface area contributed by atoms with Crippen molar-refractivity contribution in [3.8, 4) is 0 Å². The molecule has 0 bridgehead atoms. The van der Waals surface area contributed by atoms with Crippen LogP contribution in [0.3, 0.4) is 0 Å². The van der Waals surface area contributed by atoms with E-state index in [1.807, 2.05) is 0 Å². The second kappa shape index (κ2) is 10.9. The molecule has 0 spiro atoms. The molecule has 2 heterocycles. The Bertz CT molecular complexity index is 1040. The number of amides is 4. The van der Waals surface area contributed by atoms with Crippen LogP contribution in [0, 0.1) is 0 Å². The van der Waals surface area contributed by atoms with Crippen molar-refractivity contribution in [2.75, 3.05) is 17.6 Å². The Labute approximate surface area is 192 Å². The van der Waals surface area contributed by atoms with Crippen molar-refractivity contribution in [3.05, 3.63) is 29.3 Å². The second-order valence-electron chi connectivity index (χ2n) is 8.36. The van der Waals surface area contributed by atoms with Gasteiger partial charge in [-0.25, -0.2) is 0 Å². The molecule has 3 rings (SSSR count). The van der Waals surface area contributed by atoms with E-state index in [-0.39, 0.29) is 29.7 Å². The van der Waals surface area contributed by atoms with Crippen LogP contribution in [0.5, 0.6) is 0 Å². The summed E-state index contributed by atoms with van der Waals surface area (Å²) in [5.41, 5.74) is 1.05. The lowest BCUT2D eigenvalue weighted by atomic mass is 10.0. The smallest absolute Gasteiger partial charge is 0.264 e. The molecule has 180 valence electrons. The monoisotopic (exact) mass is 479 g/mol. The van der Waals surface area contributed by atoms with Crippen molar-refractivity contribution in [1.82, 2.24) is 10.2 Å². The number of piperidine rings is 1. The summed E-state index contributed by atoms with van der Waals surface area (Å²) in [6.07, 6.45) is 6.09. The van der Waals surface area contributed by atoms with Crippen LogP contribution in [-0.2, 0) is 19.7 Å². The molecule has 33 heavy (non-hydrogen) atoms. The minimum Gasteiger partial charge on any atom is -0.384 e. The number of imide groups is 2. The number of hydrogen-bond donors (Lipinski definition) is 3. The van der Waals surface area contributed by atoms with Crippen LogP contribution >= 0.6 is 0 Å². The number of nitrogens with one attached hydrogen (secondary N) is 2. The molecule has 11 heteroatoms. The largest absolute Gasteiger partial charge is 0.384 e. The Kier molecular flexibility index (Phi) is 8.20. The van der Waals surface area contributed by atoms with Crippen molar-refractivity contribution in [1.29, 1.82) is 0 Å². The molecule has 4 amide bonds. The summed E-state index contributed by atoms with van der Waals surface area (Å²) in [6.45, 7) is 0.610. The zero-order valence-electron chi connectivity index (χ0n) is 18.3. The van der Waals surface area contributed by atoms with E-state index >= 15 is 0 Å². The molecule has 1 unspecified atom stereocenters. The number of carbonyl (C=O) groups is 4. The van der Waals surface area contributed by atoms with E-state index in [1.54, 1.807) is 18.2 Å². The highest BCUT2D eigenvalue weighted by atomic mass is 32.2. The molecular weight excluding hydrogens is 450 g/mol. The topological polar surface area (TPSA) is 150 Å². The highest BCUT2D eigenvalue weighted by Crippen LogP contribution is 2.32. The first-order chi connectivity index (χ1) is 15.7. The minimum atomic E-state index is -3.87. The first-order valence-electron chi connectivity index (χ1n) is 11.2. The summed E-state index contributed by atoms with van der Waals surface area (Å²) in [7, 11) is -3.87. The zero-order chi connectivity index (χ0) is 24.0. The summed E-state index contributed by atoms with van der Waals surface area (Å²) >= 11 is 0. The van der Waals surface area contributed by atoms with E-state index in [2.05, 4.69) is 10.6 Å². The normalized spacial score (nSPS) is 18.5. The predicted molar refractivity (Wildman–Crippen MR) is 120 cm³/mol. The number of rotatable bonds is 12. The van der Waals surface area contributed by atoms with Gasteiger partial charge < -0.3 is 5.32 Å². The third-order valence-corrected chi connectivity index (χ3v) is 6.67. The van der Waals surface area contributed by atoms with Gasteiger partial charge >= 0.3 is 0 Å². The Hall–Kier alpha value is -2.79. The van der Waals surface area contributed by atoms with Crippen molar-refractivity contribution >= 4 is 39.4 Å². The van der Waals surface area contributed by atoms with Crippen LogP contribution in [0.25, 0.3) is 0 Å². The van der Waals surface area contributed by atoms with Gasteiger partial charge in [0.15, 0.2) is 0 Å². The molecule has 0 saturated carbocycles. The van der Waals surface area contributed by atoms with Gasteiger partial charge in [-0.2, -0.15) is 8.42 Å². The average molecular weight is 480 g/mol. The van der Waals surface area contributed by atoms with Gasteiger partial charge in [0.2, 0.25) is 11.8 Å². The summed E-state index contributed by atoms with van der Waals surface area (Å²) in [5, 5.41) is 5.40. The molecule has 0 aliphatic carbocycles. The summed E-state index contributed by atoms with van der Waals surface area (Å²) in [4.78, 5) is 50.4. The van der Waals surface area contributed by atoms with Gasteiger partial charge in [-0.3, -0.25) is 33.9 Å². The van der Waals surface area contributed by atoms with Crippen molar-refractivity contribution < 1.29 is 32.1 Å². The summed E-state index contributed by atoms with van der Waals surface area (Å²) < 4.78 is 30.0. The maximum absolute atomic E-state index is 13.0. The lowest BCUT2D eigenvalue weighted by Gasteiger charge is -2.27. The fourth-order valence-corrected chi connectivity index (χ4v) is 4.75. The number of carbonyl (C=O) groups excluding carboxylic acids is 4. The van der Waals surface area contributed by atoms with E-state index < -0.39 is 39.8 Å². The maximum Gasteiger partial charge on any atom is 0.264 e. The molecule has 2 aliphatic heterocycles. The van der Waals surface area contributed by atoms with E-state index in [4.69, 9.17) is 4.55 Å². The van der Waals surface area contributed by atoms with Gasteiger partial charge in [0, 0.05) is 18.7 Å².